The lowest BCUT2D eigenvalue weighted by molar-refractivity contribution is -0.0293. The number of hydrogen-bond acceptors (Lipinski definition) is 13. The minimum absolute atomic E-state index is 0.113. The van der Waals surface area contributed by atoms with Crippen LogP contribution < -0.4 is 0 Å². The highest BCUT2D eigenvalue weighted by atomic mass is 19.1. The Bertz CT molecular complexity index is 526. The summed E-state index contributed by atoms with van der Waals surface area (Å²) in [5, 5.41) is 0. The second kappa shape index (κ2) is 41.4. The van der Waals surface area contributed by atoms with E-state index in [0.29, 0.717) is 164 Å². The zero-order valence-corrected chi connectivity index (χ0v) is 28.1. The topological polar surface area (TPSA) is 120 Å². The van der Waals surface area contributed by atoms with Crippen molar-refractivity contribution in [1.29, 1.82) is 0 Å². The lowest BCUT2D eigenvalue weighted by Gasteiger charge is -2.10. The minimum atomic E-state index is -0.475. The molecule has 0 spiro atoms. The number of alkyl halides is 1. The van der Waals surface area contributed by atoms with Crippen LogP contribution >= 0.6 is 0 Å². The van der Waals surface area contributed by atoms with E-state index >= 15 is 0 Å². The number of halogens is 1. The highest BCUT2D eigenvalue weighted by molar-refractivity contribution is 4.46. The summed E-state index contributed by atoms with van der Waals surface area (Å²) in [4.78, 5) is 0. The predicted molar refractivity (Wildman–Crippen MR) is 166 cm³/mol. The van der Waals surface area contributed by atoms with Gasteiger partial charge >= 0.3 is 0 Å². The second-order valence-corrected chi connectivity index (χ2v) is 9.63. The van der Waals surface area contributed by atoms with Gasteiger partial charge in [-0.2, -0.15) is 0 Å². The maximum absolute atomic E-state index is 11.8. The van der Waals surface area contributed by atoms with Crippen LogP contribution in [0.2, 0.25) is 0 Å². The Morgan fingerprint density at radius 3 is 0.667 bits per heavy atom. The summed E-state index contributed by atoms with van der Waals surface area (Å²) in [6.07, 6.45) is 1.13. The third-order valence-electron chi connectivity index (χ3n) is 5.78. The standard InChI is InChI=1S/C31H63FO13/c1-3-31(2)30-45-29-28-44-27-26-43-25-24-42-23-22-41-21-20-40-19-18-39-17-16-38-15-14-37-13-12-36-11-10-35-9-8-34-7-6-33-5-4-32/h31H,3-30H2,1-2H3. The highest BCUT2D eigenvalue weighted by Crippen LogP contribution is 2.00. The molecule has 0 bridgehead atoms. The fourth-order valence-corrected chi connectivity index (χ4v) is 3.10. The summed E-state index contributed by atoms with van der Waals surface area (Å²) in [6, 6.07) is 0. The number of ether oxygens (including phenoxy) is 13. The number of rotatable bonds is 41. The van der Waals surface area contributed by atoms with Crippen LogP contribution in [0.25, 0.3) is 0 Å². The Balaban J connectivity index is 3.04. The van der Waals surface area contributed by atoms with E-state index in [0.717, 1.165) is 13.0 Å². The SMILES string of the molecule is CCC(C)COCCOCCOCCOCCOCCOCCOCCOCCOCCOCCOCCOCCOCCF. The molecule has 13 nitrogen and oxygen atoms in total. The van der Waals surface area contributed by atoms with Crippen LogP contribution in [0.5, 0.6) is 0 Å². The van der Waals surface area contributed by atoms with Crippen molar-refractivity contribution in [2.45, 2.75) is 20.3 Å². The van der Waals surface area contributed by atoms with Crippen LogP contribution in [-0.4, -0.2) is 178 Å². The molecule has 0 heterocycles. The summed E-state index contributed by atoms with van der Waals surface area (Å²) in [5.41, 5.74) is 0. The third kappa shape index (κ3) is 41.4. The Labute approximate surface area is 270 Å². The first kappa shape index (κ1) is 44.4. The van der Waals surface area contributed by atoms with E-state index in [9.17, 15) is 4.39 Å². The van der Waals surface area contributed by atoms with E-state index < -0.39 is 6.67 Å². The highest BCUT2D eigenvalue weighted by Gasteiger charge is 1.99. The summed E-state index contributed by atoms with van der Waals surface area (Å²) >= 11 is 0. The van der Waals surface area contributed by atoms with E-state index in [1.807, 2.05) is 0 Å². The van der Waals surface area contributed by atoms with Crippen LogP contribution in [-0.2, 0) is 61.6 Å². The van der Waals surface area contributed by atoms with Gasteiger partial charge in [0.2, 0.25) is 0 Å². The molecule has 0 saturated heterocycles. The van der Waals surface area contributed by atoms with Crippen molar-refractivity contribution < 1.29 is 66.0 Å². The molecule has 14 heteroatoms. The largest absolute Gasteiger partial charge is 0.379 e. The summed E-state index contributed by atoms with van der Waals surface area (Å²) in [6.45, 7) is 17.0. The van der Waals surface area contributed by atoms with Crippen LogP contribution in [0.1, 0.15) is 20.3 Å². The van der Waals surface area contributed by atoms with Crippen LogP contribution in [0.3, 0.4) is 0 Å². The quantitative estimate of drug-likeness (QED) is 0.0891. The molecule has 0 aromatic rings. The monoisotopic (exact) mass is 662 g/mol. The van der Waals surface area contributed by atoms with Crippen molar-refractivity contribution in [3.8, 4) is 0 Å². The summed E-state index contributed by atoms with van der Waals surface area (Å²) < 4.78 is 82.1. The number of hydrogen-bond donors (Lipinski definition) is 0. The molecule has 272 valence electrons. The molecule has 0 fully saturated rings. The van der Waals surface area contributed by atoms with Crippen molar-refractivity contribution >= 4 is 0 Å². The molecule has 0 aromatic carbocycles. The Morgan fingerprint density at radius 2 is 0.489 bits per heavy atom. The molecule has 0 amide bonds. The van der Waals surface area contributed by atoms with Crippen LogP contribution in [0.15, 0.2) is 0 Å². The Morgan fingerprint density at radius 1 is 0.311 bits per heavy atom. The van der Waals surface area contributed by atoms with Crippen molar-refractivity contribution in [2.75, 3.05) is 178 Å². The molecule has 0 aliphatic carbocycles. The molecule has 0 radical (unpaired) electrons. The van der Waals surface area contributed by atoms with Gasteiger partial charge in [-0.1, -0.05) is 20.3 Å². The summed E-state index contributed by atoms with van der Waals surface area (Å²) in [7, 11) is 0. The zero-order valence-electron chi connectivity index (χ0n) is 28.1. The Hall–Kier alpha value is -0.590. The van der Waals surface area contributed by atoms with Gasteiger partial charge in [-0.05, 0) is 5.92 Å². The molecule has 1 atom stereocenters. The van der Waals surface area contributed by atoms with Gasteiger partial charge in [0, 0.05) is 6.61 Å². The lowest BCUT2D eigenvalue weighted by atomic mass is 10.1. The van der Waals surface area contributed by atoms with E-state index in [1.54, 1.807) is 0 Å². The molecular weight excluding hydrogens is 599 g/mol. The Kier molecular flexibility index (Phi) is 40.9. The molecule has 0 aliphatic rings. The van der Waals surface area contributed by atoms with Gasteiger partial charge in [-0.3, -0.25) is 0 Å². The van der Waals surface area contributed by atoms with E-state index in [4.69, 9.17) is 61.6 Å². The van der Waals surface area contributed by atoms with Gasteiger partial charge in [0.15, 0.2) is 0 Å². The summed E-state index contributed by atoms with van der Waals surface area (Å²) in [5.74, 6) is 0.595. The van der Waals surface area contributed by atoms with Crippen LogP contribution in [0, 0.1) is 5.92 Å². The molecular formula is C31H63FO13. The van der Waals surface area contributed by atoms with Gasteiger partial charge < -0.3 is 61.6 Å². The third-order valence-corrected chi connectivity index (χ3v) is 5.78. The van der Waals surface area contributed by atoms with Gasteiger partial charge in [-0.25, -0.2) is 4.39 Å². The average molecular weight is 663 g/mol. The van der Waals surface area contributed by atoms with Gasteiger partial charge in [-0.15, -0.1) is 0 Å². The van der Waals surface area contributed by atoms with Gasteiger partial charge in [0.25, 0.3) is 0 Å². The smallest absolute Gasteiger partial charge is 0.113 e. The van der Waals surface area contributed by atoms with E-state index in [1.165, 1.54) is 0 Å². The molecule has 0 aliphatic heterocycles. The fraction of sp³-hybridized carbons (Fsp3) is 1.00. The second-order valence-electron chi connectivity index (χ2n) is 9.63. The first-order valence-electron chi connectivity index (χ1n) is 16.4. The van der Waals surface area contributed by atoms with Crippen molar-refractivity contribution in [3.05, 3.63) is 0 Å². The van der Waals surface area contributed by atoms with Crippen molar-refractivity contribution in [1.82, 2.24) is 0 Å². The molecule has 0 rings (SSSR count). The van der Waals surface area contributed by atoms with E-state index in [2.05, 4.69) is 13.8 Å². The fourth-order valence-electron chi connectivity index (χ4n) is 3.10. The maximum Gasteiger partial charge on any atom is 0.113 e. The van der Waals surface area contributed by atoms with E-state index in [-0.39, 0.29) is 6.61 Å². The predicted octanol–water partition coefficient (Wildman–Crippen LogP) is 2.22. The molecule has 0 aromatic heterocycles. The lowest BCUT2D eigenvalue weighted by Crippen LogP contribution is -2.15. The maximum atomic E-state index is 11.8. The zero-order chi connectivity index (χ0) is 32.6. The molecule has 0 saturated carbocycles. The van der Waals surface area contributed by atoms with Crippen molar-refractivity contribution in [3.63, 3.8) is 0 Å². The van der Waals surface area contributed by atoms with Crippen molar-refractivity contribution in [2.24, 2.45) is 5.92 Å². The van der Waals surface area contributed by atoms with Gasteiger partial charge in [0.1, 0.15) is 6.67 Å². The first-order valence-corrected chi connectivity index (χ1v) is 16.4. The first-order chi connectivity index (χ1) is 22.3. The molecule has 1 unspecified atom stereocenters. The average Bonchev–Trinajstić information content (AvgIpc) is 3.05. The molecule has 45 heavy (non-hydrogen) atoms. The minimum Gasteiger partial charge on any atom is -0.379 e. The van der Waals surface area contributed by atoms with Gasteiger partial charge in [0.05, 0.1) is 165 Å². The molecule has 0 N–H and O–H groups in total. The van der Waals surface area contributed by atoms with Crippen LogP contribution in [0.4, 0.5) is 4.39 Å². The normalized spacial score (nSPS) is 12.3.